The number of hydrogen-bond acceptors (Lipinski definition) is 3. The summed E-state index contributed by atoms with van der Waals surface area (Å²) >= 11 is 5.16. The second-order valence-electron chi connectivity index (χ2n) is 3.09. The molecule has 0 fully saturated rings. The second kappa shape index (κ2) is 11.7. The van der Waals surface area contributed by atoms with Gasteiger partial charge in [-0.15, -0.1) is 11.6 Å². The summed E-state index contributed by atoms with van der Waals surface area (Å²) in [7, 11) is 3.37. The van der Waals surface area contributed by atoms with Crippen molar-refractivity contribution >= 4 is 29.3 Å². The van der Waals surface area contributed by atoms with Crippen LogP contribution in [-0.4, -0.2) is 49.3 Å². The number of alkyl halides is 1. The molecule has 0 aromatic rings. The quantitative estimate of drug-likeness (QED) is 0.416. The van der Waals surface area contributed by atoms with Gasteiger partial charge in [0.1, 0.15) is 5.88 Å². The SMILES string of the molecule is C=CC(=O)N(C)C.C=CC(=O)NCNC(=O)CCl. The molecule has 6 nitrogen and oxygen atoms in total. The van der Waals surface area contributed by atoms with Crippen molar-refractivity contribution < 1.29 is 14.4 Å². The van der Waals surface area contributed by atoms with E-state index in [4.69, 9.17) is 11.6 Å². The molecule has 0 aliphatic rings. The molecule has 0 spiro atoms. The van der Waals surface area contributed by atoms with E-state index in [0.717, 1.165) is 6.08 Å². The van der Waals surface area contributed by atoms with Crippen LogP contribution in [0.4, 0.5) is 0 Å². The Bertz CT molecular complexity index is 317. The molecule has 0 aromatic heterocycles. The molecule has 0 bridgehead atoms. The van der Waals surface area contributed by atoms with Crippen molar-refractivity contribution in [3.63, 3.8) is 0 Å². The van der Waals surface area contributed by atoms with Gasteiger partial charge in [-0.05, 0) is 12.2 Å². The molecule has 102 valence electrons. The monoisotopic (exact) mass is 275 g/mol. The first-order chi connectivity index (χ1) is 8.38. The summed E-state index contributed by atoms with van der Waals surface area (Å²) in [5.74, 6) is -0.819. The van der Waals surface area contributed by atoms with Crippen molar-refractivity contribution in [2.75, 3.05) is 26.6 Å². The van der Waals surface area contributed by atoms with Gasteiger partial charge in [0.25, 0.3) is 0 Å². The molecule has 7 heteroatoms. The van der Waals surface area contributed by atoms with Gasteiger partial charge in [0, 0.05) is 14.1 Å². The van der Waals surface area contributed by atoms with Crippen LogP contribution in [0.5, 0.6) is 0 Å². The number of hydrogen-bond donors (Lipinski definition) is 2. The van der Waals surface area contributed by atoms with E-state index in [0.29, 0.717) is 0 Å². The third-order valence-corrected chi connectivity index (χ3v) is 1.71. The lowest BCUT2D eigenvalue weighted by Gasteiger charge is -2.03. The van der Waals surface area contributed by atoms with Gasteiger partial charge in [-0.2, -0.15) is 0 Å². The summed E-state index contributed by atoms with van der Waals surface area (Å²) in [6.07, 6.45) is 2.40. The fraction of sp³-hybridized carbons (Fsp3) is 0.364. The number of nitrogens with one attached hydrogen (secondary N) is 2. The van der Waals surface area contributed by atoms with Gasteiger partial charge in [-0.25, -0.2) is 0 Å². The highest BCUT2D eigenvalue weighted by Gasteiger charge is 1.96. The Hall–Kier alpha value is -1.82. The standard InChI is InChI=1S/C6H9ClN2O2.C5H9NO/c1-2-5(10)8-4-9-6(11)3-7;1-4-5(7)6(2)3/h2H,1,3-4H2,(H,8,10)(H,9,11);4H,1H2,2-3H3. The fourth-order valence-electron chi connectivity index (χ4n) is 0.532. The van der Waals surface area contributed by atoms with E-state index in [9.17, 15) is 14.4 Å². The molecular formula is C11H18ClN3O3. The van der Waals surface area contributed by atoms with E-state index in [2.05, 4.69) is 23.8 Å². The molecule has 0 saturated carbocycles. The van der Waals surface area contributed by atoms with Crippen molar-refractivity contribution in [2.24, 2.45) is 0 Å². The van der Waals surface area contributed by atoms with Crippen LogP contribution in [0.3, 0.4) is 0 Å². The van der Waals surface area contributed by atoms with Crippen molar-refractivity contribution in [1.29, 1.82) is 0 Å². The fourth-order valence-corrected chi connectivity index (χ4v) is 0.626. The van der Waals surface area contributed by atoms with Crippen LogP contribution >= 0.6 is 11.6 Å². The highest BCUT2D eigenvalue weighted by Crippen LogP contribution is 1.75. The van der Waals surface area contributed by atoms with Crippen LogP contribution < -0.4 is 10.6 Å². The molecule has 0 saturated heterocycles. The molecular weight excluding hydrogens is 258 g/mol. The summed E-state index contributed by atoms with van der Waals surface area (Å²) < 4.78 is 0. The van der Waals surface area contributed by atoms with E-state index in [-0.39, 0.29) is 30.3 Å². The molecule has 0 aliphatic carbocycles. The van der Waals surface area contributed by atoms with E-state index < -0.39 is 0 Å². The summed E-state index contributed by atoms with van der Waals surface area (Å²) in [5.41, 5.74) is 0. The summed E-state index contributed by atoms with van der Waals surface area (Å²) in [6, 6.07) is 0. The molecule has 0 rings (SSSR count). The maximum Gasteiger partial charge on any atom is 0.245 e. The van der Waals surface area contributed by atoms with Crippen LogP contribution in [-0.2, 0) is 14.4 Å². The molecule has 0 radical (unpaired) electrons. The first-order valence-electron chi connectivity index (χ1n) is 4.95. The van der Waals surface area contributed by atoms with E-state index in [1.165, 1.54) is 11.0 Å². The van der Waals surface area contributed by atoms with Crippen LogP contribution in [0, 0.1) is 0 Å². The Morgan fingerprint density at radius 2 is 1.72 bits per heavy atom. The first-order valence-corrected chi connectivity index (χ1v) is 5.49. The second-order valence-corrected chi connectivity index (χ2v) is 3.36. The maximum atomic E-state index is 10.5. The highest BCUT2D eigenvalue weighted by atomic mass is 35.5. The first kappa shape index (κ1) is 18.5. The van der Waals surface area contributed by atoms with Gasteiger partial charge < -0.3 is 15.5 Å². The minimum atomic E-state index is -0.333. The Kier molecular flexibility index (Phi) is 12.0. The topological polar surface area (TPSA) is 78.5 Å². The average Bonchev–Trinajstić information content (AvgIpc) is 2.37. The zero-order valence-corrected chi connectivity index (χ0v) is 11.3. The Morgan fingerprint density at radius 3 is 2.00 bits per heavy atom. The summed E-state index contributed by atoms with van der Waals surface area (Å²) in [4.78, 5) is 32.7. The zero-order valence-electron chi connectivity index (χ0n) is 10.5. The lowest BCUT2D eigenvalue weighted by molar-refractivity contribution is -0.123. The van der Waals surface area contributed by atoms with Gasteiger partial charge in [0.2, 0.25) is 17.7 Å². The number of carbonyl (C=O) groups excluding carboxylic acids is 3. The largest absolute Gasteiger partial charge is 0.345 e. The molecule has 0 unspecified atom stereocenters. The normalized spacial score (nSPS) is 8.17. The van der Waals surface area contributed by atoms with Crippen molar-refractivity contribution in [1.82, 2.24) is 15.5 Å². The third kappa shape index (κ3) is 12.3. The van der Waals surface area contributed by atoms with Gasteiger partial charge in [0.05, 0.1) is 6.67 Å². The lowest BCUT2D eigenvalue weighted by Crippen LogP contribution is -2.36. The van der Waals surface area contributed by atoms with Gasteiger partial charge in [0.15, 0.2) is 0 Å². The molecule has 2 N–H and O–H groups in total. The smallest absolute Gasteiger partial charge is 0.245 e. The average molecular weight is 276 g/mol. The van der Waals surface area contributed by atoms with Crippen molar-refractivity contribution in [2.45, 2.75) is 0 Å². The minimum Gasteiger partial charge on any atom is -0.345 e. The number of likely N-dealkylation sites (N-methyl/N-ethyl adjacent to an activating group) is 1. The van der Waals surface area contributed by atoms with Crippen LogP contribution in [0.1, 0.15) is 0 Å². The predicted octanol–water partition coefficient (Wildman–Crippen LogP) is -0.138. The molecule has 0 aromatic carbocycles. The lowest BCUT2D eigenvalue weighted by atomic mass is 10.5. The highest BCUT2D eigenvalue weighted by molar-refractivity contribution is 6.27. The Labute approximate surface area is 112 Å². The van der Waals surface area contributed by atoms with Crippen molar-refractivity contribution in [3.8, 4) is 0 Å². The van der Waals surface area contributed by atoms with Crippen LogP contribution in [0.15, 0.2) is 25.3 Å². The van der Waals surface area contributed by atoms with Gasteiger partial charge >= 0.3 is 0 Å². The van der Waals surface area contributed by atoms with E-state index >= 15 is 0 Å². The predicted molar refractivity (Wildman–Crippen MR) is 71.0 cm³/mol. The molecule has 18 heavy (non-hydrogen) atoms. The number of carbonyl (C=O) groups is 3. The number of amides is 3. The zero-order chi connectivity index (χ0) is 14.6. The van der Waals surface area contributed by atoms with E-state index in [1.807, 2.05) is 0 Å². The Morgan fingerprint density at radius 1 is 1.17 bits per heavy atom. The minimum absolute atomic E-state index is 0.0556. The Balaban J connectivity index is 0. The maximum absolute atomic E-state index is 10.5. The van der Waals surface area contributed by atoms with E-state index in [1.54, 1.807) is 14.1 Å². The third-order valence-electron chi connectivity index (χ3n) is 1.47. The molecule has 0 atom stereocenters. The molecule has 0 heterocycles. The van der Waals surface area contributed by atoms with Crippen molar-refractivity contribution in [3.05, 3.63) is 25.3 Å². The summed E-state index contributed by atoms with van der Waals surface area (Å²) in [5, 5.41) is 4.70. The number of rotatable bonds is 5. The molecule has 3 amide bonds. The number of halogens is 1. The summed E-state index contributed by atoms with van der Waals surface area (Å²) in [6.45, 7) is 6.60. The molecule has 0 aliphatic heterocycles. The van der Waals surface area contributed by atoms with Gasteiger partial charge in [-0.3, -0.25) is 14.4 Å². The number of nitrogens with zero attached hydrogens (tertiary/aromatic N) is 1. The van der Waals surface area contributed by atoms with Crippen LogP contribution in [0.2, 0.25) is 0 Å². The van der Waals surface area contributed by atoms with Crippen LogP contribution in [0.25, 0.3) is 0 Å². The van der Waals surface area contributed by atoms with Gasteiger partial charge in [-0.1, -0.05) is 13.2 Å².